The SMILES string of the molecule is CC[C@H](C)[C@@H](C(=O)NCCc1nccn1C(F)F)c1ccccc1. The summed E-state index contributed by atoms with van der Waals surface area (Å²) in [6.07, 6.45) is 3.73. The summed E-state index contributed by atoms with van der Waals surface area (Å²) >= 11 is 0. The van der Waals surface area contributed by atoms with Crippen LogP contribution in [-0.2, 0) is 11.2 Å². The zero-order chi connectivity index (χ0) is 17.5. The molecule has 2 atom stereocenters. The average Bonchev–Trinajstić information content (AvgIpc) is 3.04. The number of nitrogens with one attached hydrogen (secondary N) is 1. The highest BCUT2D eigenvalue weighted by atomic mass is 19.3. The van der Waals surface area contributed by atoms with E-state index in [4.69, 9.17) is 0 Å². The maximum absolute atomic E-state index is 12.8. The van der Waals surface area contributed by atoms with Crippen molar-refractivity contribution in [2.75, 3.05) is 6.54 Å². The maximum atomic E-state index is 12.8. The summed E-state index contributed by atoms with van der Waals surface area (Å²) in [5.41, 5.74) is 0.971. The molecule has 0 radical (unpaired) electrons. The second-order valence-electron chi connectivity index (χ2n) is 5.84. The number of nitrogens with zero attached hydrogens (tertiary/aromatic N) is 2. The van der Waals surface area contributed by atoms with E-state index in [0.29, 0.717) is 0 Å². The normalized spacial score (nSPS) is 13.7. The van der Waals surface area contributed by atoms with Crippen molar-refractivity contribution in [3.63, 3.8) is 0 Å². The average molecular weight is 335 g/mol. The van der Waals surface area contributed by atoms with Crippen LogP contribution in [0.2, 0.25) is 0 Å². The molecular formula is C18H23F2N3O. The molecule has 1 aromatic heterocycles. The Bertz CT molecular complexity index is 643. The molecule has 4 nitrogen and oxygen atoms in total. The van der Waals surface area contributed by atoms with Gasteiger partial charge < -0.3 is 5.32 Å². The Morgan fingerprint density at radius 2 is 2.00 bits per heavy atom. The molecule has 0 aliphatic rings. The number of carbonyl (C=O) groups is 1. The quantitative estimate of drug-likeness (QED) is 0.798. The molecule has 2 aromatic rings. The van der Waals surface area contributed by atoms with Crippen LogP contribution in [0.3, 0.4) is 0 Å². The molecular weight excluding hydrogens is 312 g/mol. The summed E-state index contributed by atoms with van der Waals surface area (Å²) in [5, 5.41) is 2.86. The third-order valence-corrected chi connectivity index (χ3v) is 4.26. The highest BCUT2D eigenvalue weighted by Gasteiger charge is 2.25. The lowest BCUT2D eigenvalue weighted by atomic mass is 9.85. The Hall–Kier alpha value is -2.24. The van der Waals surface area contributed by atoms with E-state index in [2.05, 4.69) is 10.3 Å². The van der Waals surface area contributed by atoms with Crippen LogP contribution in [0.5, 0.6) is 0 Å². The predicted molar refractivity (Wildman–Crippen MR) is 88.8 cm³/mol. The number of aromatic nitrogens is 2. The summed E-state index contributed by atoms with van der Waals surface area (Å²) in [4.78, 5) is 16.5. The van der Waals surface area contributed by atoms with Crippen molar-refractivity contribution in [3.05, 3.63) is 54.1 Å². The maximum Gasteiger partial charge on any atom is 0.319 e. The molecule has 1 aromatic carbocycles. The summed E-state index contributed by atoms with van der Waals surface area (Å²) in [7, 11) is 0. The molecule has 0 unspecified atom stereocenters. The van der Waals surface area contributed by atoms with Gasteiger partial charge >= 0.3 is 6.55 Å². The van der Waals surface area contributed by atoms with Crippen LogP contribution in [0.25, 0.3) is 0 Å². The Morgan fingerprint density at radius 1 is 1.29 bits per heavy atom. The first-order valence-corrected chi connectivity index (χ1v) is 8.17. The van der Waals surface area contributed by atoms with E-state index in [-0.39, 0.29) is 36.5 Å². The lowest BCUT2D eigenvalue weighted by molar-refractivity contribution is -0.123. The van der Waals surface area contributed by atoms with Crippen molar-refractivity contribution in [2.24, 2.45) is 5.92 Å². The van der Waals surface area contributed by atoms with Gasteiger partial charge in [0.15, 0.2) is 0 Å². The fraction of sp³-hybridized carbons (Fsp3) is 0.444. The van der Waals surface area contributed by atoms with Gasteiger partial charge in [-0.05, 0) is 11.5 Å². The molecule has 130 valence electrons. The van der Waals surface area contributed by atoms with Crippen molar-refractivity contribution in [2.45, 2.75) is 39.2 Å². The molecule has 24 heavy (non-hydrogen) atoms. The molecule has 6 heteroatoms. The van der Waals surface area contributed by atoms with E-state index >= 15 is 0 Å². The van der Waals surface area contributed by atoms with E-state index in [9.17, 15) is 13.6 Å². The van der Waals surface area contributed by atoms with Crippen molar-refractivity contribution in [1.29, 1.82) is 0 Å². The largest absolute Gasteiger partial charge is 0.355 e. The molecule has 0 spiro atoms. The molecule has 0 aliphatic heterocycles. The minimum absolute atomic E-state index is 0.0781. The molecule has 0 bridgehead atoms. The number of benzene rings is 1. The molecule has 0 saturated heterocycles. The highest BCUT2D eigenvalue weighted by molar-refractivity contribution is 5.83. The third-order valence-electron chi connectivity index (χ3n) is 4.26. The van der Waals surface area contributed by atoms with E-state index < -0.39 is 6.55 Å². The number of carbonyl (C=O) groups excluding carboxylic acids is 1. The Balaban J connectivity index is 1.99. The summed E-state index contributed by atoms with van der Waals surface area (Å²) in [6.45, 7) is 1.76. The second kappa shape index (κ2) is 8.57. The Labute approximate surface area is 140 Å². The van der Waals surface area contributed by atoms with Crippen LogP contribution < -0.4 is 5.32 Å². The lowest BCUT2D eigenvalue weighted by Crippen LogP contribution is -2.34. The number of amides is 1. The highest BCUT2D eigenvalue weighted by Crippen LogP contribution is 2.27. The van der Waals surface area contributed by atoms with Gasteiger partial charge in [-0.3, -0.25) is 9.36 Å². The van der Waals surface area contributed by atoms with Gasteiger partial charge in [0.2, 0.25) is 5.91 Å². The minimum Gasteiger partial charge on any atom is -0.355 e. The van der Waals surface area contributed by atoms with Gasteiger partial charge in [-0.15, -0.1) is 0 Å². The van der Waals surface area contributed by atoms with E-state index in [1.54, 1.807) is 0 Å². The first-order valence-electron chi connectivity index (χ1n) is 8.17. The summed E-state index contributed by atoms with van der Waals surface area (Å²) in [5.74, 6) is 0.136. The lowest BCUT2D eigenvalue weighted by Gasteiger charge is -2.22. The van der Waals surface area contributed by atoms with Crippen LogP contribution >= 0.6 is 0 Å². The van der Waals surface area contributed by atoms with Crippen molar-refractivity contribution >= 4 is 5.91 Å². The van der Waals surface area contributed by atoms with E-state index in [1.165, 1.54) is 12.4 Å². The number of halogens is 2. The molecule has 0 aliphatic carbocycles. The predicted octanol–water partition coefficient (Wildman–Crippen LogP) is 3.77. The molecule has 1 heterocycles. The number of hydrogen-bond donors (Lipinski definition) is 1. The zero-order valence-corrected chi connectivity index (χ0v) is 14.0. The van der Waals surface area contributed by atoms with Crippen LogP contribution in [0.1, 0.15) is 44.1 Å². The summed E-state index contributed by atoms with van der Waals surface area (Å²) < 4.78 is 26.4. The number of imidazole rings is 1. The van der Waals surface area contributed by atoms with Crippen LogP contribution in [0, 0.1) is 5.92 Å². The first kappa shape index (κ1) is 18.1. The summed E-state index contributed by atoms with van der Waals surface area (Å²) in [6, 6.07) is 9.63. The fourth-order valence-corrected chi connectivity index (χ4v) is 2.76. The minimum atomic E-state index is -2.62. The van der Waals surface area contributed by atoms with Gasteiger partial charge in [0.05, 0.1) is 5.92 Å². The van der Waals surface area contributed by atoms with E-state index in [1.807, 2.05) is 44.2 Å². The fourth-order valence-electron chi connectivity index (χ4n) is 2.76. The van der Waals surface area contributed by atoms with Crippen molar-refractivity contribution in [1.82, 2.24) is 14.9 Å². The third kappa shape index (κ3) is 4.40. The standard InChI is InChI=1S/C18H23F2N3O/c1-3-13(2)16(14-7-5-4-6-8-14)17(24)22-10-9-15-21-11-12-23(15)18(19)20/h4-8,11-13,16,18H,3,9-10H2,1-2H3,(H,22,24)/t13-,16+/m0/s1. The van der Waals surface area contributed by atoms with Crippen LogP contribution in [0.4, 0.5) is 8.78 Å². The number of rotatable bonds is 8. The smallest absolute Gasteiger partial charge is 0.319 e. The number of alkyl halides is 2. The molecule has 2 rings (SSSR count). The van der Waals surface area contributed by atoms with Crippen molar-refractivity contribution in [3.8, 4) is 0 Å². The zero-order valence-electron chi connectivity index (χ0n) is 14.0. The number of hydrogen-bond acceptors (Lipinski definition) is 2. The van der Waals surface area contributed by atoms with Gasteiger partial charge in [-0.2, -0.15) is 8.78 Å². The van der Waals surface area contributed by atoms with E-state index in [0.717, 1.165) is 16.6 Å². The van der Waals surface area contributed by atoms with Gasteiger partial charge in [0.25, 0.3) is 0 Å². The van der Waals surface area contributed by atoms with Gasteiger partial charge in [-0.1, -0.05) is 50.6 Å². The first-order chi connectivity index (χ1) is 11.5. The molecule has 0 fully saturated rings. The second-order valence-corrected chi connectivity index (χ2v) is 5.84. The molecule has 0 saturated carbocycles. The molecule has 1 N–H and O–H groups in total. The molecule has 1 amide bonds. The van der Waals surface area contributed by atoms with Gasteiger partial charge in [-0.25, -0.2) is 4.98 Å². The van der Waals surface area contributed by atoms with Gasteiger partial charge in [0, 0.05) is 25.4 Å². The topological polar surface area (TPSA) is 46.9 Å². The Kier molecular flexibility index (Phi) is 6.46. The Morgan fingerprint density at radius 3 is 2.62 bits per heavy atom. The van der Waals surface area contributed by atoms with Crippen LogP contribution in [-0.4, -0.2) is 22.0 Å². The van der Waals surface area contributed by atoms with Gasteiger partial charge in [0.1, 0.15) is 5.82 Å². The van der Waals surface area contributed by atoms with Crippen LogP contribution in [0.15, 0.2) is 42.7 Å². The van der Waals surface area contributed by atoms with Crippen molar-refractivity contribution < 1.29 is 13.6 Å². The monoisotopic (exact) mass is 335 g/mol.